The van der Waals surface area contributed by atoms with Crippen LogP contribution in [-0.4, -0.2) is 48.0 Å². The first-order valence-corrected chi connectivity index (χ1v) is 16.2. The lowest BCUT2D eigenvalue weighted by molar-refractivity contribution is 0.0867. The van der Waals surface area contributed by atoms with Gasteiger partial charge < -0.3 is 27.8 Å². The molecule has 0 bridgehead atoms. The van der Waals surface area contributed by atoms with E-state index in [1.165, 1.54) is 12.1 Å². The molecule has 11 nitrogen and oxygen atoms in total. The highest BCUT2D eigenvalue weighted by Crippen LogP contribution is 2.26. The maximum absolute atomic E-state index is 12.6. The van der Waals surface area contributed by atoms with Crippen LogP contribution in [0.5, 0.6) is 11.5 Å². The normalized spacial score (nSPS) is 11.3. The molecule has 4 aromatic carbocycles. The molecule has 0 atom stereocenters. The quantitative estimate of drug-likeness (QED) is 0.111. The third kappa shape index (κ3) is 7.97. The van der Waals surface area contributed by atoms with Gasteiger partial charge in [-0.1, -0.05) is 65.9 Å². The zero-order chi connectivity index (χ0) is 34.1. The van der Waals surface area contributed by atoms with Crippen molar-refractivity contribution in [2.24, 2.45) is 0 Å². The summed E-state index contributed by atoms with van der Waals surface area (Å²) >= 11 is 0. The smallest absolute Gasteiger partial charge is 0.193 e. The van der Waals surface area contributed by atoms with Gasteiger partial charge in [-0.3, -0.25) is 9.59 Å². The van der Waals surface area contributed by atoms with E-state index in [1.807, 2.05) is 66.9 Å². The Bertz CT molecular complexity index is 2320. The molecule has 7 rings (SSSR count). The van der Waals surface area contributed by atoms with Crippen LogP contribution in [-0.2, 0) is 22.6 Å². The minimum Gasteiger partial charge on any atom is -0.491 e. The van der Waals surface area contributed by atoms with E-state index in [0.717, 1.165) is 11.1 Å². The molecule has 0 unspecified atom stereocenters. The summed E-state index contributed by atoms with van der Waals surface area (Å²) in [6.45, 7) is 2.56. The number of aromatic nitrogens is 3. The van der Waals surface area contributed by atoms with E-state index in [1.54, 1.807) is 41.1 Å². The Labute approximate surface area is 286 Å². The Hall–Kier alpha value is -6.04. The molecule has 0 amide bonds. The topological polar surface area (TPSA) is 128 Å². The largest absolute Gasteiger partial charge is 0.491 e. The summed E-state index contributed by atoms with van der Waals surface area (Å²) in [6.07, 6.45) is 1.81. The lowest BCUT2D eigenvalue weighted by Gasteiger charge is -2.09. The van der Waals surface area contributed by atoms with Gasteiger partial charge in [0.15, 0.2) is 10.9 Å². The predicted octanol–water partition coefficient (Wildman–Crippen LogP) is 6.52. The van der Waals surface area contributed by atoms with Crippen molar-refractivity contribution in [3.8, 4) is 34.1 Å². The predicted molar refractivity (Wildman–Crippen MR) is 187 cm³/mol. The molecule has 0 radical (unpaired) electrons. The first kappa shape index (κ1) is 32.5. The van der Waals surface area contributed by atoms with Gasteiger partial charge in [-0.25, -0.2) is 4.68 Å². The zero-order valence-corrected chi connectivity index (χ0v) is 27.0. The molecule has 0 aliphatic rings. The molecule has 0 aliphatic heterocycles. The van der Waals surface area contributed by atoms with Gasteiger partial charge in [-0.15, -0.1) is 5.10 Å². The molecule has 7 aromatic rings. The summed E-state index contributed by atoms with van der Waals surface area (Å²) in [5.41, 5.74) is 3.06. The molecule has 0 spiro atoms. The summed E-state index contributed by atoms with van der Waals surface area (Å²) < 4.78 is 36.8. The van der Waals surface area contributed by atoms with E-state index in [9.17, 15) is 9.59 Å². The second-order valence-electron chi connectivity index (χ2n) is 11.3. The van der Waals surface area contributed by atoms with E-state index in [2.05, 4.69) is 10.3 Å². The van der Waals surface area contributed by atoms with Gasteiger partial charge >= 0.3 is 0 Å². The molecule has 50 heavy (non-hydrogen) atoms. The maximum atomic E-state index is 12.6. The van der Waals surface area contributed by atoms with Gasteiger partial charge in [0.1, 0.15) is 53.1 Å². The van der Waals surface area contributed by atoms with Crippen LogP contribution in [0.1, 0.15) is 5.69 Å². The number of fused-ring (bicyclic) bond motifs is 2. The van der Waals surface area contributed by atoms with Crippen molar-refractivity contribution in [3.05, 3.63) is 142 Å². The van der Waals surface area contributed by atoms with Crippen molar-refractivity contribution in [3.63, 3.8) is 0 Å². The molecule has 3 heterocycles. The molecular formula is C39H33N3O8. The summed E-state index contributed by atoms with van der Waals surface area (Å²) in [7, 11) is 0. The number of rotatable bonds is 15. The van der Waals surface area contributed by atoms with Gasteiger partial charge in [-0.05, 0) is 24.3 Å². The lowest BCUT2D eigenvalue weighted by Crippen LogP contribution is -2.12. The second kappa shape index (κ2) is 15.5. The van der Waals surface area contributed by atoms with Crippen LogP contribution in [0, 0.1) is 0 Å². The van der Waals surface area contributed by atoms with Gasteiger partial charge in [0.05, 0.1) is 49.9 Å². The Kier molecular flexibility index (Phi) is 10.0. The van der Waals surface area contributed by atoms with Gasteiger partial charge in [0.2, 0.25) is 0 Å². The highest BCUT2D eigenvalue weighted by molar-refractivity contribution is 5.81. The molecule has 0 fully saturated rings. The number of hydrogen-bond acceptors (Lipinski definition) is 10. The maximum Gasteiger partial charge on any atom is 0.193 e. The number of hydrogen-bond donors (Lipinski definition) is 0. The van der Waals surface area contributed by atoms with Crippen LogP contribution in [0.3, 0.4) is 0 Å². The highest BCUT2D eigenvalue weighted by atomic mass is 16.5. The average molecular weight is 672 g/mol. The van der Waals surface area contributed by atoms with Crippen LogP contribution in [0.15, 0.2) is 134 Å². The summed E-state index contributed by atoms with van der Waals surface area (Å²) in [6, 6.07) is 32.3. The van der Waals surface area contributed by atoms with Crippen molar-refractivity contribution in [2.45, 2.75) is 13.2 Å². The van der Waals surface area contributed by atoms with E-state index in [-0.39, 0.29) is 17.5 Å². The fourth-order valence-electron chi connectivity index (χ4n) is 5.33. The van der Waals surface area contributed by atoms with E-state index < -0.39 is 0 Å². The molecule has 0 saturated heterocycles. The number of benzene rings is 4. The minimum atomic E-state index is -0.109. The Morgan fingerprint density at radius 2 is 1.12 bits per heavy atom. The Morgan fingerprint density at radius 1 is 0.580 bits per heavy atom. The van der Waals surface area contributed by atoms with E-state index in [4.69, 9.17) is 27.8 Å². The molecule has 0 N–H and O–H groups in total. The zero-order valence-electron chi connectivity index (χ0n) is 27.0. The van der Waals surface area contributed by atoms with Crippen LogP contribution in [0.2, 0.25) is 0 Å². The van der Waals surface area contributed by atoms with Crippen molar-refractivity contribution in [1.82, 2.24) is 15.0 Å². The number of nitrogens with zero attached hydrogens (tertiary/aromatic N) is 3. The molecule has 0 aliphatic carbocycles. The average Bonchev–Trinajstić information content (AvgIpc) is 3.60. The SMILES string of the molecule is O=c1cc(-c2ccccc2)oc2cc(OCCOCCn3cc(COCCOc4ccc5c(=O)cc(-c6ccccc6)oc5c4)nn3)ccc12. The third-order valence-corrected chi connectivity index (χ3v) is 7.81. The van der Waals surface area contributed by atoms with Crippen LogP contribution >= 0.6 is 0 Å². The van der Waals surface area contributed by atoms with E-state index >= 15 is 0 Å². The monoisotopic (exact) mass is 671 g/mol. The van der Waals surface area contributed by atoms with Crippen LogP contribution in [0.25, 0.3) is 44.6 Å². The Morgan fingerprint density at radius 3 is 1.68 bits per heavy atom. The fourth-order valence-corrected chi connectivity index (χ4v) is 5.33. The molecule has 0 saturated carbocycles. The molecular weight excluding hydrogens is 638 g/mol. The van der Waals surface area contributed by atoms with Crippen LogP contribution in [0.4, 0.5) is 0 Å². The third-order valence-electron chi connectivity index (χ3n) is 7.81. The molecule has 3 aromatic heterocycles. The minimum absolute atomic E-state index is 0.106. The number of ether oxygens (including phenoxy) is 4. The molecule has 252 valence electrons. The summed E-state index contributed by atoms with van der Waals surface area (Å²) in [5, 5.41) is 9.27. The summed E-state index contributed by atoms with van der Waals surface area (Å²) in [5.74, 6) is 2.18. The van der Waals surface area contributed by atoms with Gasteiger partial charge in [-0.2, -0.15) is 0 Å². The van der Waals surface area contributed by atoms with Crippen molar-refractivity contribution >= 4 is 21.9 Å². The highest BCUT2D eigenvalue weighted by Gasteiger charge is 2.10. The molecule has 11 heteroatoms. The summed E-state index contributed by atoms with van der Waals surface area (Å²) in [4.78, 5) is 25.2. The first-order chi connectivity index (χ1) is 24.6. The standard InChI is InChI=1S/C39H33N3O8/c43-34-23-36(27-7-3-1-4-8-27)49-38-21-30(11-13-32(34)38)47-19-17-45-16-15-42-25-29(40-41-42)26-46-18-20-48-31-12-14-33-35(44)24-37(50-39(33)22-31)28-9-5-2-6-10-28/h1-14,21-25H,15-20,26H2. The Balaban J connectivity index is 0.809. The second-order valence-corrected chi connectivity index (χ2v) is 11.3. The van der Waals surface area contributed by atoms with Crippen LogP contribution < -0.4 is 20.3 Å². The van der Waals surface area contributed by atoms with Crippen molar-refractivity contribution < 1.29 is 27.8 Å². The van der Waals surface area contributed by atoms with Crippen molar-refractivity contribution in [1.29, 1.82) is 0 Å². The lowest BCUT2D eigenvalue weighted by atomic mass is 10.1. The first-order valence-electron chi connectivity index (χ1n) is 16.2. The van der Waals surface area contributed by atoms with Crippen molar-refractivity contribution in [2.75, 3.05) is 33.0 Å². The van der Waals surface area contributed by atoms with Gasteiger partial charge in [0, 0.05) is 35.4 Å². The van der Waals surface area contributed by atoms with Gasteiger partial charge in [0.25, 0.3) is 0 Å². The fraction of sp³-hybridized carbons (Fsp3) is 0.179. The van der Waals surface area contributed by atoms with E-state index in [0.29, 0.717) is 90.2 Å².